The highest BCUT2D eigenvalue weighted by Crippen LogP contribution is 2.23. The molecule has 0 atom stereocenters. The van der Waals surface area contributed by atoms with E-state index in [4.69, 9.17) is 5.73 Å². The van der Waals surface area contributed by atoms with Crippen molar-refractivity contribution in [2.75, 3.05) is 13.6 Å². The second kappa shape index (κ2) is 7.47. The minimum absolute atomic E-state index is 0.119. The van der Waals surface area contributed by atoms with E-state index in [2.05, 4.69) is 11.8 Å². The van der Waals surface area contributed by atoms with Crippen molar-refractivity contribution in [3.63, 3.8) is 0 Å². The molecule has 0 unspecified atom stereocenters. The van der Waals surface area contributed by atoms with Crippen molar-refractivity contribution >= 4 is 17.2 Å². The van der Waals surface area contributed by atoms with E-state index in [0.29, 0.717) is 12.6 Å². The smallest absolute Gasteiger partial charge is 0.254 e. The summed E-state index contributed by atoms with van der Waals surface area (Å²) in [5, 5.41) is 1.90. The second-order valence-electron chi connectivity index (χ2n) is 5.27. The summed E-state index contributed by atoms with van der Waals surface area (Å²) in [5.74, 6) is 5.92. The van der Waals surface area contributed by atoms with E-state index >= 15 is 0 Å². The highest BCUT2D eigenvalue weighted by molar-refractivity contribution is 7.10. The van der Waals surface area contributed by atoms with Crippen molar-refractivity contribution in [1.82, 2.24) is 4.90 Å². The van der Waals surface area contributed by atoms with E-state index in [0.717, 1.165) is 23.3 Å². The van der Waals surface area contributed by atoms with E-state index in [9.17, 15) is 4.79 Å². The Kier molecular flexibility index (Phi) is 5.63. The third-order valence-corrected chi connectivity index (χ3v) is 4.70. The van der Waals surface area contributed by atoms with Gasteiger partial charge in [0.05, 0.1) is 17.0 Å². The summed E-state index contributed by atoms with van der Waals surface area (Å²) in [6, 6.07) is 2.27. The lowest BCUT2D eigenvalue weighted by Gasteiger charge is -2.26. The fourth-order valence-corrected chi connectivity index (χ4v) is 3.42. The number of nitrogens with zero attached hydrogens (tertiary/aromatic N) is 1. The quantitative estimate of drug-likeness (QED) is 0.672. The molecule has 2 N–H and O–H groups in total. The van der Waals surface area contributed by atoms with Gasteiger partial charge in [0.2, 0.25) is 0 Å². The fraction of sp³-hybridized carbons (Fsp3) is 0.562. The maximum atomic E-state index is 12.5. The molecular weight excluding hydrogens is 268 g/mol. The first kappa shape index (κ1) is 15.1. The summed E-state index contributed by atoms with van der Waals surface area (Å²) in [6.45, 7) is 0.350. The molecule has 0 aliphatic heterocycles. The van der Waals surface area contributed by atoms with Crippen LogP contribution in [0.5, 0.6) is 0 Å². The van der Waals surface area contributed by atoms with E-state index in [-0.39, 0.29) is 5.91 Å². The van der Waals surface area contributed by atoms with Gasteiger partial charge in [-0.2, -0.15) is 0 Å². The second-order valence-corrected chi connectivity index (χ2v) is 6.18. The lowest BCUT2D eigenvalue weighted by atomic mass is 10.1. The molecule has 2 rings (SSSR count). The Bertz CT molecular complexity index is 504. The molecule has 1 aliphatic carbocycles. The van der Waals surface area contributed by atoms with Crippen LogP contribution < -0.4 is 5.73 Å². The molecule has 3 nitrogen and oxygen atoms in total. The molecule has 1 saturated carbocycles. The molecule has 108 valence electrons. The Morgan fingerprint density at radius 3 is 2.75 bits per heavy atom. The third-order valence-electron chi connectivity index (χ3n) is 3.85. The minimum atomic E-state index is 0.119. The molecule has 1 aliphatic rings. The topological polar surface area (TPSA) is 46.3 Å². The van der Waals surface area contributed by atoms with Crippen LogP contribution in [-0.4, -0.2) is 30.4 Å². The zero-order valence-corrected chi connectivity index (χ0v) is 12.8. The Morgan fingerprint density at radius 2 is 2.10 bits per heavy atom. The van der Waals surface area contributed by atoms with Crippen LogP contribution in [-0.2, 0) is 0 Å². The van der Waals surface area contributed by atoms with Crippen LogP contribution in [0.4, 0.5) is 0 Å². The first-order valence-corrected chi connectivity index (χ1v) is 8.15. The van der Waals surface area contributed by atoms with Gasteiger partial charge in [-0.15, -0.1) is 11.3 Å². The van der Waals surface area contributed by atoms with Crippen molar-refractivity contribution in [3.05, 3.63) is 21.9 Å². The Labute approximate surface area is 125 Å². The van der Waals surface area contributed by atoms with Gasteiger partial charge < -0.3 is 10.6 Å². The van der Waals surface area contributed by atoms with Crippen LogP contribution in [0.1, 0.15) is 53.8 Å². The molecule has 0 radical (unpaired) electrons. The molecule has 1 fully saturated rings. The van der Waals surface area contributed by atoms with E-state index in [1.165, 1.54) is 37.0 Å². The SMILES string of the molecule is CN(C(=O)c1csc(C#CCN)c1)C1CCCCCC1. The van der Waals surface area contributed by atoms with Gasteiger partial charge in [-0.1, -0.05) is 37.5 Å². The molecule has 0 spiro atoms. The minimum Gasteiger partial charge on any atom is -0.339 e. The lowest BCUT2D eigenvalue weighted by molar-refractivity contribution is 0.0718. The van der Waals surface area contributed by atoms with Crippen LogP contribution in [0.2, 0.25) is 0 Å². The average Bonchev–Trinajstić information content (AvgIpc) is 2.76. The molecule has 1 aromatic heterocycles. The van der Waals surface area contributed by atoms with Gasteiger partial charge in [0.15, 0.2) is 0 Å². The molecule has 0 saturated heterocycles. The van der Waals surface area contributed by atoms with Crippen LogP contribution in [0.15, 0.2) is 11.4 Å². The predicted octanol–water partition coefficient (Wildman–Crippen LogP) is 2.85. The average molecular weight is 290 g/mol. The van der Waals surface area contributed by atoms with E-state index < -0.39 is 0 Å². The maximum Gasteiger partial charge on any atom is 0.254 e. The number of hydrogen-bond acceptors (Lipinski definition) is 3. The largest absolute Gasteiger partial charge is 0.339 e. The van der Waals surface area contributed by atoms with Crippen LogP contribution in [0.3, 0.4) is 0 Å². The first-order chi connectivity index (χ1) is 9.72. The number of nitrogens with two attached hydrogens (primary N) is 1. The normalized spacial score (nSPS) is 16.1. The molecule has 1 aromatic rings. The number of amides is 1. The third kappa shape index (κ3) is 3.84. The zero-order valence-electron chi connectivity index (χ0n) is 12.0. The van der Waals surface area contributed by atoms with Gasteiger partial charge in [0.25, 0.3) is 5.91 Å². The summed E-state index contributed by atoms with van der Waals surface area (Å²) < 4.78 is 0. The molecule has 0 bridgehead atoms. The summed E-state index contributed by atoms with van der Waals surface area (Å²) in [5.41, 5.74) is 6.11. The van der Waals surface area contributed by atoms with Gasteiger partial charge in [0.1, 0.15) is 0 Å². The van der Waals surface area contributed by atoms with E-state index in [1.807, 2.05) is 23.4 Å². The van der Waals surface area contributed by atoms with Crippen molar-refractivity contribution in [2.24, 2.45) is 5.73 Å². The van der Waals surface area contributed by atoms with Gasteiger partial charge in [-0.25, -0.2) is 0 Å². The summed E-state index contributed by atoms with van der Waals surface area (Å²) in [7, 11) is 1.93. The van der Waals surface area contributed by atoms with Crippen molar-refractivity contribution in [3.8, 4) is 11.8 Å². The van der Waals surface area contributed by atoms with Crippen molar-refractivity contribution < 1.29 is 4.79 Å². The number of carbonyl (C=O) groups excluding carboxylic acids is 1. The van der Waals surface area contributed by atoms with Crippen molar-refractivity contribution in [1.29, 1.82) is 0 Å². The monoisotopic (exact) mass is 290 g/mol. The van der Waals surface area contributed by atoms with Crippen LogP contribution in [0.25, 0.3) is 0 Å². The van der Waals surface area contributed by atoms with E-state index in [1.54, 1.807) is 0 Å². The number of hydrogen-bond donors (Lipinski definition) is 1. The molecule has 20 heavy (non-hydrogen) atoms. The van der Waals surface area contributed by atoms with Gasteiger partial charge in [-0.05, 0) is 18.9 Å². The van der Waals surface area contributed by atoms with Crippen LogP contribution in [0, 0.1) is 11.8 Å². The Morgan fingerprint density at radius 1 is 1.40 bits per heavy atom. The van der Waals surface area contributed by atoms with Gasteiger partial charge >= 0.3 is 0 Å². The lowest BCUT2D eigenvalue weighted by Crippen LogP contribution is -2.36. The zero-order chi connectivity index (χ0) is 14.4. The Balaban J connectivity index is 2.03. The number of thiophene rings is 1. The summed E-state index contributed by atoms with van der Waals surface area (Å²) >= 11 is 1.51. The highest BCUT2D eigenvalue weighted by atomic mass is 32.1. The molecule has 4 heteroatoms. The standard InChI is InChI=1S/C16H22N2OS/c1-18(14-7-4-2-3-5-8-14)16(19)13-11-15(20-12-13)9-6-10-17/h11-12,14H,2-5,7-8,10,17H2,1H3. The summed E-state index contributed by atoms with van der Waals surface area (Å²) in [6.07, 6.45) is 7.34. The number of carbonyl (C=O) groups is 1. The summed E-state index contributed by atoms with van der Waals surface area (Å²) in [4.78, 5) is 15.3. The molecule has 1 heterocycles. The van der Waals surface area contributed by atoms with Gasteiger partial charge in [-0.3, -0.25) is 4.79 Å². The van der Waals surface area contributed by atoms with Crippen molar-refractivity contribution in [2.45, 2.75) is 44.6 Å². The first-order valence-electron chi connectivity index (χ1n) is 7.27. The maximum absolute atomic E-state index is 12.5. The number of rotatable bonds is 2. The van der Waals surface area contributed by atoms with Gasteiger partial charge in [0, 0.05) is 18.5 Å². The molecule has 1 amide bonds. The predicted molar refractivity (Wildman–Crippen MR) is 83.8 cm³/mol. The van der Waals surface area contributed by atoms with Crippen LogP contribution >= 0.6 is 11.3 Å². The Hall–Kier alpha value is -1.31. The molecular formula is C16H22N2OS. The molecule has 0 aromatic carbocycles. The fourth-order valence-electron chi connectivity index (χ4n) is 2.67. The highest BCUT2D eigenvalue weighted by Gasteiger charge is 2.22.